The van der Waals surface area contributed by atoms with Crippen LogP contribution in [-0.2, 0) is 33.2 Å². The van der Waals surface area contributed by atoms with Crippen LogP contribution in [0.1, 0.15) is 0 Å². The molecule has 0 spiro atoms. The molecule has 2 atom stereocenters. The Morgan fingerprint density at radius 1 is 1.17 bits per heavy atom. The van der Waals surface area contributed by atoms with Crippen molar-refractivity contribution in [3.8, 4) is 0 Å². The van der Waals surface area contributed by atoms with Crippen molar-refractivity contribution in [2.24, 2.45) is 5.92 Å². The lowest BCUT2D eigenvalue weighted by Crippen LogP contribution is -2.36. The van der Waals surface area contributed by atoms with Crippen molar-refractivity contribution in [2.75, 3.05) is 35.5 Å². The maximum atomic E-state index is 11.8. The molecule has 7 heteroatoms. The first-order valence-corrected chi connectivity index (χ1v) is 5.26. The van der Waals surface area contributed by atoms with Gasteiger partial charge in [-0.2, -0.15) is 0 Å². The first-order valence-electron chi connectivity index (χ1n) is 5.26. The molecule has 1 heterocycles. The van der Waals surface area contributed by atoms with Crippen LogP contribution in [0.3, 0.4) is 0 Å². The van der Waals surface area contributed by atoms with E-state index in [9.17, 15) is 4.79 Å². The van der Waals surface area contributed by atoms with Gasteiger partial charge in [-0.05, 0) is 0 Å². The fourth-order valence-electron chi connectivity index (χ4n) is 1.85. The predicted molar refractivity (Wildman–Crippen MR) is 59.2 cm³/mol. The number of esters is 1. The van der Waals surface area contributed by atoms with Gasteiger partial charge in [0.15, 0.2) is 6.29 Å². The minimum Gasteiger partial charge on any atom is -0.468 e. The van der Waals surface area contributed by atoms with Gasteiger partial charge in [-0.1, -0.05) is 0 Å². The number of ether oxygens (including phenoxy) is 6. The number of hydrogen-bond donors (Lipinski definition) is 0. The van der Waals surface area contributed by atoms with Gasteiger partial charge in [0.25, 0.3) is 5.95 Å². The molecule has 0 aromatic carbocycles. The summed E-state index contributed by atoms with van der Waals surface area (Å²) in [6.07, 6.45) is -1.45. The van der Waals surface area contributed by atoms with Crippen molar-refractivity contribution in [3.05, 3.63) is 11.5 Å². The molecule has 7 nitrogen and oxygen atoms in total. The van der Waals surface area contributed by atoms with Crippen LogP contribution < -0.4 is 0 Å². The summed E-state index contributed by atoms with van der Waals surface area (Å²) in [6, 6.07) is 0. The van der Waals surface area contributed by atoms with Crippen molar-refractivity contribution in [1.29, 1.82) is 0 Å². The van der Waals surface area contributed by atoms with Crippen molar-refractivity contribution in [3.63, 3.8) is 0 Å². The van der Waals surface area contributed by atoms with Gasteiger partial charge in [-0.25, -0.2) is 4.79 Å². The second-order valence-corrected chi connectivity index (χ2v) is 3.48. The van der Waals surface area contributed by atoms with Crippen LogP contribution in [0.2, 0.25) is 0 Å². The van der Waals surface area contributed by atoms with Crippen LogP contribution in [0.4, 0.5) is 0 Å². The summed E-state index contributed by atoms with van der Waals surface area (Å²) in [7, 11) is 7.03. The minimum absolute atomic E-state index is 0.0535. The third kappa shape index (κ3) is 2.58. The van der Waals surface area contributed by atoms with E-state index in [4.69, 9.17) is 28.4 Å². The van der Waals surface area contributed by atoms with E-state index < -0.39 is 24.5 Å². The number of methoxy groups -OCH3 is 5. The van der Waals surface area contributed by atoms with Gasteiger partial charge in [0.2, 0.25) is 6.29 Å². The Hall–Kier alpha value is -1.31. The molecule has 0 aliphatic carbocycles. The van der Waals surface area contributed by atoms with Crippen molar-refractivity contribution >= 4 is 5.97 Å². The topological polar surface area (TPSA) is 72.5 Å². The molecule has 0 N–H and O–H groups in total. The van der Waals surface area contributed by atoms with E-state index in [1.54, 1.807) is 0 Å². The molecule has 0 unspecified atom stereocenters. The quantitative estimate of drug-likeness (QED) is 0.502. The molecule has 0 saturated carbocycles. The summed E-state index contributed by atoms with van der Waals surface area (Å²) in [4.78, 5) is 11.8. The van der Waals surface area contributed by atoms with E-state index in [-0.39, 0.29) is 11.5 Å². The number of hydrogen-bond acceptors (Lipinski definition) is 7. The molecule has 0 saturated heterocycles. The van der Waals surface area contributed by atoms with Gasteiger partial charge in [-0.15, -0.1) is 0 Å². The van der Waals surface area contributed by atoms with E-state index in [1.165, 1.54) is 35.5 Å². The van der Waals surface area contributed by atoms with Gasteiger partial charge < -0.3 is 28.4 Å². The highest BCUT2D eigenvalue weighted by Crippen LogP contribution is 2.36. The number of carbonyl (C=O) groups is 1. The molecule has 0 aromatic rings. The van der Waals surface area contributed by atoms with Crippen molar-refractivity contribution < 1.29 is 33.2 Å². The van der Waals surface area contributed by atoms with Crippen molar-refractivity contribution in [1.82, 2.24) is 0 Å². The largest absolute Gasteiger partial charge is 0.468 e. The summed E-state index contributed by atoms with van der Waals surface area (Å²) in [5.41, 5.74) is 0.195. The Morgan fingerprint density at radius 2 is 1.78 bits per heavy atom. The lowest BCUT2D eigenvalue weighted by Gasteiger charge is -2.24. The average molecular weight is 262 g/mol. The summed E-state index contributed by atoms with van der Waals surface area (Å²) in [6.45, 7) is 0. The summed E-state index contributed by atoms with van der Waals surface area (Å²) in [5.74, 6) is -1.11. The maximum Gasteiger partial charge on any atom is 0.341 e. The molecule has 1 rings (SSSR count). The molecule has 0 bridgehead atoms. The van der Waals surface area contributed by atoms with Crippen LogP contribution in [0.15, 0.2) is 11.5 Å². The third-order valence-electron chi connectivity index (χ3n) is 2.65. The van der Waals surface area contributed by atoms with Crippen molar-refractivity contribution in [2.45, 2.75) is 12.6 Å². The first-order chi connectivity index (χ1) is 8.64. The fraction of sp³-hybridized carbons (Fsp3) is 0.727. The Balaban J connectivity index is 3.12. The van der Waals surface area contributed by atoms with E-state index in [2.05, 4.69) is 0 Å². The Kier molecular flexibility index (Phi) is 5.39. The molecule has 104 valence electrons. The lowest BCUT2D eigenvalue weighted by molar-refractivity contribution is -0.201. The zero-order chi connectivity index (χ0) is 13.7. The highest BCUT2D eigenvalue weighted by molar-refractivity contribution is 5.89. The summed E-state index contributed by atoms with van der Waals surface area (Å²) >= 11 is 0. The van der Waals surface area contributed by atoms with E-state index in [0.29, 0.717) is 0 Å². The predicted octanol–water partition coefficient (Wildman–Crippen LogP) is 0.255. The molecule has 18 heavy (non-hydrogen) atoms. The smallest absolute Gasteiger partial charge is 0.341 e. The molecule has 0 radical (unpaired) electrons. The summed E-state index contributed by atoms with van der Waals surface area (Å²) in [5, 5.41) is 0. The zero-order valence-electron chi connectivity index (χ0n) is 11.1. The molecule has 0 fully saturated rings. The minimum atomic E-state index is -0.737. The molecule has 0 amide bonds. The average Bonchev–Trinajstić information content (AvgIpc) is 2.78. The standard InChI is InChI=1S/C11H18O7/c1-13-8(12)6-7(9(14-2)15-3)11(17-5)18-10(6)16-4/h7,9,11H,1-5H3/t7-,11+/m1/s1. The normalized spacial score (nSPS) is 23.2. The highest BCUT2D eigenvalue weighted by atomic mass is 16.8. The lowest BCUT2D eigenvalue weighted by atomic mass is 10.00. The Morgan fingerprint density at radius 3 is 2.17 bits per heavy atom. The summed E-state index contributed by atoms with van der Waals surface area (Å²) < 4.78 is 30.5. The van der Waals surface area contributed by atoms with Gasteiger partial charge in [0.1, 0.15) is 11.5 Å². The van der Waals surface area contributed by atoms with Crippen LogP contribution in [0.25, 0.3) is 0 Å². The third-order valence-corrected chi connectivity index (χ3v) is 2.65. The van der Waals surface area contributed by atoms with Gasteiger partial charge in [0.05, 0.1) is 14.2 Å². The van der Waals surface area contributed by atoms with E-state index in [1.807, 2.05) is 0 Å². The van der Waals surface area contributed by atoms with Crippen LogP contribution in [-0.4, -0.2) is 54.1 Å². The first kappa shape index (κ1) is 14.7. The van der Waals surface area contributed by atoms with E-state index >= 15 is 0 Å². The van der Waals surface area contributed by atoms with Crippen LogP contribution in [0, 0.1) is 5.92 Å². The fourth-order valence-corrected chi connectivity index (χ4v) is 1.85. The molecular formula is C11H18O7. The maximum absolute atomic E-state index is 11.8. The highest BCUT2D eigenvalue weighted by Gasteiger charge is 2.47. The molecule has 0 aromatic heterocycles. The van der Waals surface area contributed by atoms with Crippen LogP contribution >= 0.6 is 0 Å². The monoisotopic (exact) mass is 262 g/mol. The van der Waals surface area contributed by atoms with Crippen LogP contribution in [0.5, 0.6) is 0 Å². The van der Waals surface area contributed by atoms with E-state index in [0.717, 1.165) is 0 Å². The molecule has 1 aliphatic heterocycles. The second-order valence-electron chi connectivity index (χ2n) is 3.48. The SMILES string of the molecule is COC(=O)C1=C(OC)O[C@H](OC)[C@H]1C(OC)OC. The van der Waals surface area contributed by atoms with Gasteiger partial charge >= 0.3 is 5.97 Å². The number of carbonyl (C=O) groups excluding carboxylic acids is 1. The zero-order valence-corrected chi connectivity index (χ0v) is 11.1. The Labute approximate surface area is 106 Å². The second kappa shape index (κ2) is 6.58. The number of rotatable bonds is 6. The molecular weight excluding hydrogens is 244 g/mol. The van der Waals surface area contributed by atoms with Gasteiger partial charge in [0, 0.05) is 21.3 Å². The van der Waals surface area contributed by atoms with Gasteiger partial charge in [-0.3, -0.25) is 0 Å². The Bertz CT molecular complexity index is 321. The molecule has 1 aliphatic rings.